The average Bonchev–Trinajstić information content (AvgIpc) is 2.67. The molecule has 2 rings (SSSR count). The van der Waals surface area contributed by atoms with E-state index < -0.39 is 0 Å². The zero-order chi connectivity index (χ0) is 11.4. The van der Waals surface area contributed by atoms with E-state index in [9.17, 15) is 5.11 Å². The van der Waals surface area contributed by atoms with E-state index in [2.05, 4.69) is 10.3 Å². The van der Waals surface area contributed by atoms with Crippen LogP contribution in [0.4, 0.5) is 0 Å². The maximum Gasteiger partial charge on any atom is 0.109 e. The van der Waals surface area contributed by atoms with Crippen LogP contribution in [0.2, 0.25) is 0 Å². The fourth-order valence-electron chi connectivity index (χ4n) is 2.36. The number of hydrogen-bond donors (Lipinski definition) is 2. The number of hydrogen-bond acceptors (Lipinski definition) is 3. The maximum atomic E-state index is 9.80. The van der Waals surface area contributed by atoms with Gasteiger partial charge in [-0.25, -0.2) is 4.98 Å². The largest absolute Gasteiger partial charge is 0.392 e. The van der Waals surface area contributed by atoms with Crippen molar-refractivity contribution in [3.63, 3.8) is 0 Å². The summed E-state index contributed by atoms with van der Waals surface area (Å²) in [5.41, 5.74) is 0. The van der Waals surface area contributed by atoms with E-state index in [0.29, 0.717) is 0 Å². The van der Waals surface area contributed by atoms with Crippen LogP contribution in [0.15, 0.2) is 12.4 Å². The lowest BCUT2D eigenvalue weighted by molar-refractivity contribution is 0.0913. The van der Waals surface area contributed by atoms with Gasteiger partial charge in [0.25, 0.3) is 0 Å². The van der Waals surface area contributed by atoms with Gasteiger partial charge >= 0.3 is 0 Å². The van der Waals surface area contributed by atoms with E-state index in [4.69, 9.17) is 0 Å². The highest BCUT2D eigenvalue weighted by molar-refractivity contribution is 4.92. The third-order valence-corrected chi connectivity index (χ3v) is 3.41. The monoisotopic (exact) mass is 223 g/mol. The van der Waals surface area contributed by atoms with Gasteiger partial charge in [-0.15, -0.1) is 0 Å². The van der Waals surface area contributed by atoms with E-state index in [1.807, 2.05) is 24.0 Å². The topological polar surface area (TPSA) is 50.1 Å². The summed E-state index contributed by atoms with van der Waals surface area (Å²) in [5.74, 6) is 1.10. The molecular weight excluding hydrogens is 202 g/mol. The van der Waals surface area contributed by atoms with Crippen molar-refractivity contribution in [3.05, 3.63) is 18.2 Å². The second-order valence-electron chi connectivity index (χ2n) is 4.62. The smallest absolute Gasteiger partial charge is 0.109 e. The Labute approximate surface area is 96.7 Å². The van der Waals surface area contributed by atoms with Gasteiger partial charge in [-0.05, 0) is 12.8 Å². The molecule has 1 aromatic heterocycles. The lowest BCUT2D eigenvalue weighted by atomic mass is 9.92. The molecule has 0 amide bonds. The van der Waals surface area contributed by atoms with Gasteiger partial charge in [-0.1, -0.05) is 12.8 Å². The number of aliphatic hydroxyl groups is 1. The van der Waals surface area contributed by atoms with Gasteiger partial charge in [-0.2, -0.15) is 0 Å². The Bertz CT molecular complexity index is 324. The zero-order valence-corrected chi connectivity index (χ0v) is 9.89. The quantitative estimate of drug-likeness (QED) is 0.796. The summed E-state index contributed by atoms with van der Waals surface area (Å²) in [5, 5.41) is 13.2. The van der Waals surface area contributed by atoms with Gasteiger partial charge in [0.2, 0.25) is 0 Å². The molecule has 0 unspecified atom stereocenters. The lowest BCUT2D eigenvalue weighted by Crippen LogP contribution is -2.42. The number of aryl methyl sites for hydroxylation is 1. The molecule has 90 valence electrons. The number of imidazole rings is 1. The molecule has 2 atom stereocenters. The molecule has 1 aliphatic carbocycles. The van der Waals surface area contributed by atoms with Crippen molar-refractivity contribution in [3.8, 4) is 0 Å². The molecule has 1 aliphatic rings. The highest BCUT2D eigenvalue weighted by Crippen LogP contribution is 2.18. The third kappa shape index (κ3) is 2.83. The normalized spacial score (nSPS) is 25.9. The van der Waals surface area contributed by atoms with Crippen molar-refractivity contribution in [1.29, 1.82) is 0 Å². The number of rotatable bonds is 4. The molecule has 1 fully saturated rings. The fourth-order valence-corrected chi connectivity index (χ4v) is 2.36. The van der Waals surface area contributed by atoms with Crippen molar-refractivity contribution in [2.75, 3.05) is 6.54 Å². The molecule has 0 bridgehead atoms. The first-order valence-electron chi connectivity index (χ1n) is 6.15. The Kier molecular flexibility index (Phi) is 3.96. The molecule has 0 aromatic carbocycles. The van der Waals surface area contributed by atoms with Crippen LogP contribution in [0.25, 0.3) is 0 Å². The van der Waals surface area contributed by atoms with Gasteiger partial charge in [-0.3, -0.25) is 0 Å². The maximum absolute atomic E-state index is 9.80. The van der Waals surface area contributed by atoms with Crippen LogP contribution in [-0.2, 0) is 13.5 Å². The second kappa shape index (κ2) is 5.46. The molecule has 4 nitrogen and oxygen atoms in total. The van der Waals surface area contributed by atoms with Gasteiger partial charge in [0.05, 0.1) is 6.10 Å². The summed E-state index contributed by atoms with van der Waals surface area (Å²) < 4.78 is 2.04. The highest BCUT2D eigenvalue weighted by Gasteiger charge is 2.21. The van der Waals surface area contributed by atoms with Crippen molar-refractivity contribution in [2.45, 2.75) is 44.2 Å². The number of nitrogens with zero attached hydrogens (tertiary/aromatic N) is 2. The summed E-state index contributed by atoms with van der Waals surface area (Å²) in [6, 6.07) is 0.286. The second-order valence-corrected chi connectivity index (χ2v) is 4.62. The van der Waals surface area contributed by atoms with Gasteiger partial charge in [0.1, 0.15) is 5.82 Å². The predicted molar refractivity (Wildman–Crippen MR) is 63.2 cm³/mol. The van der Waals surface area contributed by atoms with Crippen molar-refractivity contribution < 1.29 is 5.11 Å². The molecule has 16 heavy (non-hydrogen) atoms. The van der Waals surface area contributed by atoms with Crippen LogP contribution in [-0.4, -0.2) is 33.3 Å². The predicted octanol–water partition coefficient (Wildman–Crippen LogP) is 0.856. The van der Waals surface area contributed by atoms with Crippen LogP contribution in [0, 0.1) is 0 Å². The minimum absolute atomic E-state index is 0.157. The van der Waals surface area contributed by atoms with E-state index in [-0.39, 0.29) is 12.1 Å². The summed E-state index contributed by atoms with van der Waals surface area (Å²) in [4.78, 5) is 4.28. The first-order valence-corrected chi connectivity index (χ1v) is 6.15. The minimum Gasteiger partial charge on any atom is -0.392 e. The van der Waals surface area contributed by atoms with Crippen LogP contribution in [0.3, 0.4) is 0 Å². The number of aromatic nitrogens is 2. The van der Waals surface area contributed by atoms with Gasteiger partial charge in [0, 0.05) is 38.4 Å². The molecule has 0 saturated heterocycles. The lowest BCUT2D eigenvalue weighted by Gasteiger charge is -2.28. The van der Waals surface area contributed by atoms with Crippen LogP contribution in [0.1, 0.15) is 31.5 Å². The highest BCUT2D eigenvalue weighted by atomic mass is 16.3. The standard InChI is InChI=1S/C12H21N3O/c1-15-9-8-14-12(15)6-7-13-10-4-2-3-5-11(10)16/h8-11,13,16H,2-7H2,1H3/t10-,11-/m1/s1. The first kappa shape index (κ1) is 11.6. The first-order chi connectivity index (χ1) is 7.77. The Hall–Kier alpha value is -0.870. The molecule has 4 heteroatoms. The molecule has 1 aromatic rings. The molecule has 0 aliphatic heterocycles. The van der Waals surface area contributed by atoms with E-state index in [1.54, 1.807) is 0 Å². The summed E-state index contributed by atoms with van der Waals surface area (Å²) in [7, 11) is 2.01. The zero-order valence-electron chi connectivity index (χ0n) is 9.89. The Morgan fingerprint density at radius 3 is 3.00 bits per heavy atom. The third-order valence-electron chi connectivity index (χ3n) is 3.41. The fraction of sp³-hybridized carbons (Fsp3) is 0.750. The Morgan fingerprint density at radius 2 is 2.31 bits per heavy atom. The average molecular weight is 223 g/mol. The van der Waals surface area contributed by atoms with Gasteiger partial charge in [0.15, 0.2) is 0 Å². The Balaban J connectivity index is 1.73. The summed E-state index contributed by atoms with van der Waals surface area (Å²) in [6.45, 7) is 0.895. The summed E-state index contributed by atoms with van der Waals surface area (Å²) in [6.07, 6.45) is 9.00. The molecule has 0 spiro atoms. The van der Waals surface area contributed by atoms with Gasteiger partial charge < -0.3 is 15.0 Å². The minimum atomic E-state index is -0.157. The molecule has 1 saturated carbocycles. The van der Waals surface area contributed by atoms with Crippen LogP contribution < -0.4 is 5.32 Å². The number of aliphatic hydroxyl groups excluding tert-OH is 1. The molecule has 2 N–H and O–H groups in total. The van der Waals surface area contributed by atoms with Crippen LogP contribution in [0.5, 0.6) is 0 Å². The van der Waals surface area contributed by atoms with E-state index >= 15 is 0 Å². The van der Waals surface area contributed by atoms with E-state index in [1.165, 1.54) is 12.8 Å². The van der Waals surface area contributed by atoms with Crippen molar-refractivity contribution >= 4 is 0 Å². The van der Waals surface area contributed by atoms with Crippen LogP contribution >= 0.6 is 0 Å². The Morgan fingerprint density at radius 1 is 1.50 bits per heavy atom. The van der Waals surface area contributed by atoms with E-state index in [0.717, 1.165) is 31.6 Å². The summed E-state index contributed by atoms with van der Waals surface area (Å²) >= 11 is 0. The van der Waals surface area contributed by atoms with Crippen molar-refractivity contribution in [2.24, 2.45) is 7.05 Å². The molecule has 0 radical (unpaired) electrons. The SMILES string of the molecule is Cn1ccnc1CCN[C@@H]1CCCC[C@H]1O. The molecule has 1 heterocycles. The molecular formula is C12H21N3O. The van der Waals surface area contributed by atoms with Crippen molar-refractivity contribution in [1.82, 2.24) is 14.9 Å². The number of nitrogens with one attached hydrogen (secondary N) is 1.